The molecule has 2 aliphatic rings. The van der Waals surface area contributed by atoms with Crippen molar-refractivity contribution in [2.45, 2.75) is 19.4 Å². The number of amides is 3. The molecule has 2 rings (SSSR count). The molecule has 0 spiro atoms. The molecule has 2 N–H and O–H groups in total. The summed E-state index contributed by atoms with van der Waals surface area (Å²) in [6.45, 7) is 2.45. The van der Waals surface area contributed by atoms with Crippen molar-refractivity contribution < 1.29 is 14.4 Å². The summed E-state index contributed by atoms with van der Waals surface area (Å²) in [4.78, 5) is 38.1. The van der Waals surface area contributed by atoms with Gasteiger partial charge in [-0.2, -0.15) is 0 Å². The maximum absolute atomic E-state index is 11.8. The standard InChI is InChI=1S/C11H17N3O3/c1-6(12)9(15)14-4-3-7-8(5-14)11(17)13(2)10(7)16/h6-8H,3-5,12H2,1-2H3/t6-,7-,8+/m0/s1. The summed E-state index contributed by atoms with van der Waals surface area (Å²) in [7, 11) is 1.50. The SMILES string of the molecule is C[C@H](N)C(=O)N1CC[C@@H]2C(=O)N(C)C(=O)[C@@H]2C1. The lowest BCUT2D eigenvalue weighted by atomic mass is 9.87. The van der Waals surface area contributed by atoms with E-state index < -0.39 is 6.04 Å². The van der Waals surface area contributed by atoms with Gasteiger partial charge in [0.05, 0.1) is 17.9 Å². The van der Waals surface area contributed by atoms with Gasteiger partial charge in [-0.1, -0.05) is 0 Å². The number of rotatable bonds is 1. The Morgan fingerprint density at radius 2 is 1.94 bits per heavy atom. The van der Waals surface area contributed by atoms with Crippen LogP contribution in [0.15, 0.2) is 0 Å². The van der Waals surface area contributed by atoms with Crippen LogP contribution in [0.4, 0.5) is 0 Å². The summed E-state index contributed by atoms with van der Waals surface area (Å²) in [5.74, 6) is -1.07. The lowest BCUT2D eigenvalue weighted by molar-refractivity contribution is -0.138. The van der Waals surface area contributed by atoms with E-state index in [1.54, 1.807) is 11.8 Å². The normalized spacial score (nSPS) is 30.5. The van der Waals surface area contributed by atoms with E-state index >= 15 is 0 Å². The van der Waals surface area contributed by atoms with Crippen LogP contribution in [-0.2, 0) is 14.4 Å². The molecule has 0 saturated carbocycles. The lowest BCUT2D eigenvalue weighted by Crippen LogP contribution is -2.49. The molecule has 0 aliphatic carbocycles. The molecule has 0 aromatic carbocycles. The monoisotopic (exact) mass is 239 g/mol. The molecule has 2 saturated heterocycles. The van der Waals surface area contributed by atoms with Crippen molar-refractivity contribution in [3.8, 4) is 0 Å². The number of nitrogens with zero attached hydrogens (tertiary/aromatic N) is 2. The third-order valence-corrected chi connectivity index (χ3v) is 3.61. The van der Waals surface area contributed by atoms with E-state index in [2.05, 4.69) is 0 Å². The van der Waals surface area contributed by atoms with E-state index in [-0.39, 0.29) is 29.6 Å². The Hall–Kier alpha value is -1.43. The summed E-state index contributed by atoms with van der Waals surface area (Å²) in [6, 6.07) is -0.559. The summed E-state index contributed by atoms with van der Waals surface area (Å²) in [5.41, 5.74) is 5.54. The quantitative estimate of drug-likeness (QED) is 0.582. The Labute approximate surface area is 99.7 Å². The third-order valence-electron chi connectivity index (χ3n) is 3.61. The first-order valence-corrected chi connectivity index (χ1v) is 5.79. The zero-order valence-electron chi connectivity index (χ0n) is 10.0. The van der Waals surface area contributed by atoms with Crippen LogP contribution < -0.4 is 5.73 Å². The fourth-order valence-electron chi connectivity index (χ4n) is 2.59. The summed E-state index contributed by atoms with van der Waals surface area (Å²) in [6.07, 6.45) is 0.554. The zero-order chi connectivity index (χ0) is 12.7. The van der Waals surface area contributed by atoms with Gasteiger partial charge in [0.25, 0.3) is 0 Å². The second-order valence-corrected chi connectivity index (χ2v) is 4.81. The number of imide groups is 1. The summed E-state index contributed by atoms with van der Waals surface area (Å²) < 4.78 is 0. The molecule has 6 nitrogen and oxygen atoms in total. The van der Waals surface area contributed by atoms with E-state index in [0.717, 1.165) is 0 Å². The molecule has 6 heteroatoms. The van der Waals surface area contributed by atoms with Gasteiger partial charge < -0.3 is 10.6 Å². The fraction of sp³-hybridized carbons (Fsp3) is 0.727. The van der Waals surface area contributed by atoms with Gasteiger partial charge in [0.1, 0.15) is 0 Å². The molecule has 0 bridgehead atoms. The minimum absolute atomic E-state index is 0.118. The zero-order valence-corrected chi connectivity index (χ0v) is 10.0. The highest BCUT2D eigenvalue weighted by Gasteiger charge is 2.49. The first-order valence-electron chi connectivity index (χ1n) is 5.79. The van der Waals surface area contributed by atoms with Gasteiger partial charge in [-0.25, -0.2) is 0 Å². The van der Waals surface area contributed by atoms with Crippen LogP contribution in [0.25, 0.3) is 0 Å². The molecular formula is C11H17N3O3. The number of piperidine rings is 1. The molecule has 0 unspecified atom stereocenters. The number of carbonyl (C=O) groups is 3. The van der Waals surface area contributed by atoms with Crippen molar-refractivity contribution in [1.82, 2.24) is 9.80 Å². The van der Waals surface area contributed by atoms with E-state index in [1.165, 1.54) is 11.9 Å². The average molecular weight is 239 g/mol. The van der Waals surface area contributed by atoms with Gasteiger partial charge in [0, 0.05) is 20.1 Å². The number of hydrogen-bond acceptors (Lipinski definition) is 4. The predicted octanol–water partition coefficient (Wildman–Crippen LogP) is -1.20. The molecule has 3 atom stereocenters. The minimum Gasteiger partial charge on any atom is -0.341 e. The van der Waals surface area contributed by atoms with Crippen molar-refractivity contribution in [3.05, 3.63) is 0 Å². The van der Waals surface area contributed by atoms with Crippen LogP contribution in [0, 0.1) is 11.8 Å². The Kier molecular flexibility index (Phi) is 2.91. The van der Waals surface area contributed by atoms with Crippen LogP contribution in [-0.4, -0.2) is 53.7 Å². The maximum Gasteiger partial charge on any atom is 0.239 e. The molecule has 3 amide bonds. The van der Waals surface area contributed by atoms with Gasteiger partial charge >= 0.3 is 0 Å². The van der Waals surface area contributed by atoms with Crippen LogP contribution in [0.5, 0.6) is 0 Å². The van der Waals surface area contributed by atoms with E-state index in [9.17, 15) is 14.4 Å². The fourth-order valence-corrected chi connectivity index (χ4v) is 2.59. The van der Waals surface area contributed by atoms with Gasteiger partial charge in [-0.3, -0.25) is 19.3 Å². The van der Waals surface area contributed by atoms with Crippen LogP contribution in [0.3, 0.4) is 0 Å². The molecule has 17 heavy (non-hydrogen) atoms. The van der Waals surface area contributed by atoms with Gasteiger partial charge in [0.2, 0.25) is 17.7 Å². The van der Waals surface area contributed by atoms with E-state index in [4.69, 9.17) is 5.73 Å². The van der Waals surface area contributed by atoms with E-state index in [1.807, 2.05) is 0 Å². The Balaban J connectivity index is 2.12. The first kappa shape index (κ1) is 12.0. The van der Waals surface area contributed by atoms with Crippen molar-refractivity contribution >= 4 is 17.7 Å². The second-order valence-electron chi connectivity index (χ2n) is 4.81. The average Bonchev–Trinajstić information content (AvgIpc) is 2.53. The molecular weight excluding hydrogens is 222 g/mol. The van der Waals surface area contributed by atoms with Crippen LogP contribution >= 0.6 is 0 Å². The summed E-state index contributed by atoms with van der Waals surface area (Å²) >= 11 is 0. The first-order chi connectivity index (χ1) is 7.93. The molecule has 2 aliphatic heterocycles. The highest BCUT2D eigenvalue weighted by molar-refractivity contribution is 6.05. The third kappa shape index (κ3) is 1.82. The molecule has 0 aromatic heterocycles. The lowest BCUT2D eigenvalue weighted by Gasteiger charge is -2.33. The number of hydrogen-bond donors (Lipinski definition) is 1. The second kappa shape index (κ2) is 4.10. The van der Waals surface area contributed by atoms with Crippen molar-refractivity contribution in [1.29, 1.82) is 0 Å². The van der Waals surface area contributed by atoms with Crippen molar-refractivity contribution in [3.63, 3.8) is 0 Å². The molecule has 94 valence electrons. The Morgan fingerprint density at radius 3 is 2.53 bits per heavy atom. The largest absolute Gasteiger partial charge is 0.341 e. The maximum atomic E-state index is 11.8. The number of carbonyl (C=O) groups excluding carboxylic acids is 3. The highest BCUT2D eigenvalue weighted by atomic mass is 16.2. The van der Waals surface area contributed by atoms with Gasteiger partial charge in [0.15, 0.2) is 0 Å². The molecule has 0 aromatic rings. The Bertz CT molecular complexity index is 380. The molecule has 0 radical (unpaired) electrons. The predicted molar refractivity (Wildman–Crippen MR) is 59.6 cm³/mol. The number of nitrogens with two attached hydrogens (primary N) is 1. The van der Waals surface area contributed by atoms with Crippen LogP contribution in [0.2, 0.25) is 0 Å². The molecule has 2 heterocycles. The van der Waals surface area contributed by atoms with Crippen molar-refractivity contribution in [2.24, 2.45) is 17.6 Å². The highest BCUT2D eigenvalue weighted by Crippen LogP contribution is 2.32. The number of likely N-dealkylation sites (tertiary alicyclic amines) is 2. The van der Waals surface area contributed by atoms with E-state index in [0.29, 0.717) is 19.5 Å². The Morgan fingerprint density at radius 1 is 1.35 bits per heavy atom. The smallest absolute Gasteiger partial charge is 0.239 e. The topological polar surface area (TPSA) is 83.7 Å². The van der Waals surface area contributed by atoms with Crippen LogP contribution in [0.1, 0.15) is 13.3 Å². The number of fused-ring (bicyclic) bond motifs is 1. The molecule has 2 fully saturated rings. The van der Waals surface area contributed by atoms with Crippen molar-refractivity contribution in [2.75, 3.05) is 20.1 Å². The minimum atomic E-state index is -0.559. The van der Waals surface area contributed by atoms with Gasteiger partial charge in [-0.15, -0.1) is 0 Å². The van der Waals surface area contributed by atoms with Gasteiger partial charge in [-0.05, 0) is 13.3 Å². The summed E-state index contributed by atoms with van der Waals surface area (Å²) in [5, 5.41) is 0.